The van der Waals surface area contributed by atoms with E-state index < -0.39 is 11.9 Å². The standard InChI is InChI=1S/C16H22N2O4/c1-2-10-22-14-8-4-3-7-13(14)17-16(21)18-9-5-6-12(11-18)15(19)20/h3-4,7-8,12H,2,5-6,9-11H2,1H3,(H,17,21)(H,19,20). The third kappa shape index (κ3) is 4.13. The molecule has 1 aliphatic heterocycles. The zero-order chi connectivity index (χ0) is 15.9. The normalized spacial score (nSPS) is 17.9. The molecule has 1 aromatic rings. The highest BCUT2D eigenvalue weighted by Gasteiger charge is 2.28. The molecule has 0 spiro atoms. The fraction of sp³-hybridized carbons (Fsp3) is 0.500. The zero-order valence-corrected chi connectivity index (χ0v) is 12.7. The lowest BCUT2D eigenvalue weighted by Crippen LogP contribution is -2.44. The van der Waals surface area contributed by atoms with Crippen LogP contribution >= 0.6 is 0 Å². The van der Waals surface area contributed by atoms with Crippen molar-refractivity contribution in [1.82, 2.24) is 4.90 Å². The Labute approximate surface area is 130 Å². The van der Waals surface area contributed by atoms with Gasteiger partial charge in [0.1, 0.15) is 5.75 Å². The lowest BCUT2D eigenvalue weighted by molar-refractivity contribution is -0.143. The SMILES string of the molecule is CCCOc1ccccc1NC(=O)N1CCCC(C(=O)O)C1. The van der Waals surface area contributed by atoms with Crippen molar-refractivity contribution in [3.63, 3.8) is 0 Å². The van der Waals surface area contributed by atoms with Crippen LogP contribution in [0.2, 0.25) is 0 Å². The summed E-state index contributed by atoms with van der Waals surface area (Å²) in [5.41, 5.74) is 0.610. The van der Waals surface area contributed by atoms with Gasteiger partial charge in [-0.25, -0.2) is 4.79 Å². The largest absolute Gasteiger partial charge is 0.491 e. The maximum absolute atomic E-state index is 12.3. The molecule has 1 aromatic carbocycles. The van der Waals surface area contributed by atoms with Crippen molar-refractivity contribution in [3.8, 4) is 5.75 Å². The fourth-order valence-corrected chi connectivity index (χ4v) is 2.47. The maximum atomic E-state index is 12.3. The Hall–Kier alpha value is -2.24. The van der Waals surface area contributed by atoms with E-state index in [0.29, 0.717) is 37.4 Å². The molecule has 6 nitrogen and oxygen atoms in total. The number of carboxylic acid groups (broad SMARTS) is 1. The predicted molar refractivity (Wildman–Crippen MR) is 83.2 cm³/mol. The Balaban J connectivity index is 2.01. The molecule has 0 aromatic heterocycles. The summed E-state index contributed by atoms with van der Waals surface area (Å²) in [4.78, 5) is 25.0. The molecule has 1 heterocycles. The number of rotatable bonds is 5. The van der Waals surface area contributed by atoms with Gasteiger partial charge >= 0.3 is 12.0 Å². The molecule has 1 saturated heterocycles. The number of nitrogens with one attached hydrogen (secondary N) is 1. The first-order chi connectivity index (χ1) is 10.6. The minimum Gasteiger partial charge on any atom is -0.491 e. The van der Waals surface area contributed by atoms with Gasteiger partial charge in [-0.3, -0.25) is 4.79 Å². The molecule has 1 unspecified atom stereocenters. The molecule has 120 valence electrons. The molecule has 0 bridgehead atoms. The number of amides is 2. The highest BCUT2D eigenvalue weighted by Crippen LogP contribution is 2.25. The van der Waals surface area contributed by atoms with Gasteiger partial charge in [0.25, 0.3) is 0 Å². The number of urea groups is 1. The Bertz CT molecular complexity index is 533. The number of hydrogen-bond acceptors (Lipinski definition) is 3. The highest BCUT2D eigenvalue weighted by molar-refractivity contribution is 5.91. The van der Waals surface area contributed by atoms with Crippen LogP contribution in [-0.4, -0.2) is 41.7 Å². The smallest absolute Gasteiger partial charge is 0.321 e. The zero-order valence-electron chi connectivity index (χ0n) is 12.7. The molecular weight excluding hydrogens is 284 g/mol. The van der Waals surface area contributed by atoms with Gasteiger partial charge in [-0.15, -0.1) is 0 Å². The van der Waals surface area contributed by atoms with Gasteiger partial charge in [-0.05, 0) is 31.4 Å². The first kappa shape index (κ1) is 16.1. The highest BCUT2D eigenvalue weighted by atomic mass is 16.5. The summed E-state index contributed by atoms with van der Waals surface area (Å²) < 4.78 is 5.61. The average molecular weight is 306 g/mol. The van der Waals surface area contributed by atoms with Gasteiger partial charge < -0.3 is 20.1 Å². The van der Waals surface area contributed by atoms with Crippen molar-refractivity contribution >= 4 is 17.7 Å². The van der Waals surface area contributed by atoms with Crippen LogP contribution in [-0.2, 0) is 4.79 Å². The predicted octanol–water partition coefficient (Wildman–Crippen LogP) is 2.80. The molecule has 0 saturated carbocycles. The minimum atomic E-state index is -0.843. The Morgan fingerprint density at radius 3 is 2.91 bits per heavy atom. The van der Waals surface area contributed by atoms with E-state index in [0.717, 1.165) is 6.42 Å². The second-order valence-corrected chi connectivity index (χ2v) is 5.40. The van der Waals surface area contributed by atoms with Gasteiger partial charge in [0, 0.05) is 13.1 Å². The summed E-state index contributed by atoms with van der Waals surface area (Å²) in [6.45, 7) is 3.42. The lowest BCUT2D eigenvalue weighted by Gasteiger charge is -2.30. The van der Waals surface area contributed by atoms with E-state index in [1.54, 1.807) is 11.0 Å². The van der Waals surface area contributed by atoms with Crippen molar-refractivity contribution < 1.29 is 19.4 Å². The first-order valence-corrected chi connectivity index (χ1v) is 7.62. The fourth-order valence-electron chi connectivity index (χ4n) is 2.47. The van der Waals surface area contributed by atoms with Crippen molar-refractivity contribution in [3.05, 3.63) is 24.3 Å². The van der Waals surface area contributed by atoms with E-state index in [1.807, 2.05) is 25.1 Å². The van der Waals surface area contributed by atoms with E-state index in [-0.39, 0.29) is 12.6 Å². The second kappa shape index (κ2) is 7.68. The molecule has 2 rings (SSSR count). The molecule has 0 aliphatic carbocycles. The van der Waals surface area contributed by atoms with E-state index >= 15 is 0 Å². The third-order valence-corrected chi connectivity index (χ3v) is 3.65. The van der Waals surface area contributed by atoms with Crippen LogP contribution in [0.3, 0.4) is 0 Å². The van der Waals surface area contributed by atoms with Crippen molar-refractivity contribution in [2.75, 3.05) is 25.0 Å². The van der Waals surface area contributed by atoms with Gasteiger partial charge in [0.2, 0.25) is 0 Å². The number of anilines is 1. The van der Waals surface area contributed by atoms with Gasteiger partial charge in [-0.1, -0.05) is 19.1 Å². The number of benzene rings is 1. The molecule has 22 heavy (non-hydrogen) atoms. The molecule has 2 amide bonds. The topological polar surface area (TPSA) is 78.9 Å². The molecule has 1 fully saturated rings. The Kier molecular flexibility index (Phi) is 5.63. The van der Waals surface area contributed by atoms with E-state index in [4.69, 9.17) is 9.84 Å². The number of hydrogen-bond donors (Lipinski definition) is 2. The van der Waals surface area contributed by atoms with Crippen molar-refractivity contribution in [1.29, 1.82) is 0 Å². The summed E-state index contributed by atoms with van der Waals surface area (Å²) in [5, 5.41) is 11.9. The lowest BCUT2D eigenvalue weighted by atomic mass is 9.99. The Morgan fingerprint density at radius 2 is 2.18 bits per heavy atom. The number of ether oxygens (including phenoxy) is 1. The third-order valence-electron chi connectivity index (χ3n) is 3.65. The first-order valence-electron chi connectivity index (χ1n) is 7.62. The molecule has 1 atom stereocenters. The monoisotopic (exact) mass is 306 g/mol. The number of carbonyl (C=O) groups excluding carboxylic acids is 1. The van der Waals surface area contributed by atoms with E-state index in [9.17, 15) is 9.59 Å². The summed E-state index contributed by atoms with van der Waals surface area (Å²) in [7, 11) is 0. The maximum Gasteiger partial charge on any atom is 0.321 e. The van der Waals surface area contributed by atoms with Gasteiger partial charge in [0.15, 0.2) is 0 Å². The molecule has 2 N–H and O–H groups in total. The number of nitrogens with zero attached hydrogens (tertiary/aromatic N) is 1. The molecule has 0 radical (unpaired) electrons. The van der Waals surface area contributed by atoms with E-state index in [2.05, 4.69) is 5.32 Å². The van der Waals surface area contributed by atoms with Crippen LogP contribution in [0.15, 0.2) is 24.3 Å². The summed E-state index contributed by atoms with van der Waals surface area (Å²) in [5.74, 6) is -0.695. The van der Waals surface area contributed by atoms with Crippen molar-refractivity contribution in [2.24, 2.45) is 5.92 Å². The van der Waals surface area contributed by atoms with Crippen LogP contribution < -0.4 is 10.1 Å². The number of carboxylic acids is 1. The summed E-state index contributed by atoms with van der Waals surface area (Å²) >= 11 is 0. The second-order valence-electron chi connectivity index (χ2n) is 5.40. The minimum absolute atomic E-state index is 0.249. The molecule has 6 heteroatoms. The summed E-state index contributed by atoms with van der Waals surface area (Å²) in [6, 6.07) is 6.98. The average Bonchev–Trinajstić information content (AvgIpc) is 2.54. The number of aliphatic carboxylic acids is 1. The van der Waals surface area contributed by atoms with Gasteiger partial charge in [-0.2, -0.15) is 0 Å². The van der Waals surface area contributed by atoms with Crippen LogP contribution in [0.5, 0.6) is 5.75 Å². The summed E-state index contributed by atoms with van der Waals surface area (Å²) in [6.07, 6.45) is 2.21. The van der Waals surface area contributed by atoms with Gasteiger partial charge in [0.05, 0.1) is 18.2 Å². The van der Waals surface area contributed by atoms with Crippen LogP contribution in [0.4, 0.5) is 10.5 Å². The molecular formula is C16H22N2O4. The number of likely N-dealkylation sites (tertiary alicyclic amines) is 1. The molecule has 1 aliphatic rings. The van der Waals surface area contributed by atoms with Crippen LogP contribution in [0.1, 0.15) is 26.2 Å². The number of piperidine rings is 1. The van der Waals surface area contributed by atoms with Crippen LogP contribution in [0.25, 0.3) is 0 Å². The van der Waals surface area contributed by atoms with Crippen molar-refractivity contribution in [2.45, 2.75) is 26.2 Å². The van der Waals surface area contributed by atoms with E-state index in [1.165, 1.54) is 0 Å². The number of para-hydroxylation sites is 2. The Morgan fingerprint density at radius 1 is 1.41 bits per heavy atom. The quantitative estimate of drug-likeness (QED) is 0.876. The van der Waals surface area contributed by atoms with Crippen LogP contribution in [0, 0.1) is 5.92 Å². The number of carbonyl (C=O) groups is 2.